The van der Waals surface area contributed by atoms with E-state index in [4.69, 9.17) is 5.73 Å². The summed E-state index contributed by atoms with van der Waals surface area (Å²) in [7, 11) is 0. The Hall–Kier alpha value is 2.80. The van der Waals surface area contributed by atoms with Crippen LogP contribution in [-0.2, 0) is 0 Å². The van der Waals surface area contributed by atoms with Gasteiger partial charge in [-0.25, -0.2) is 0 Å². The second kappa shape index (κ2) is 7.90. The van der Waals surface area contributed by atoms with Crippen molar-refractivity contribution in [1.82, 2.24) is 0 Å². The van der Waals surface area contributed by atoms with Crippen molar-refractivity contribution in [2.75, 3.05) is 6.54 Å². The zero-order valence-corrected chi connectivity index (χ0v) is 14.5. The van der Waals surface area contributed by atoms with E-state index < -0.39 is 11.5 Å². The Morgan fingerprint density at radius 2 is 1.25 bits per heavy atom. The summed E-state index contributed by atoms with van der Waals surface area (Å²) in [6.45, 7) is 2.65. The third-order valence-corrected chi connectivity index (χ3v) is 0. The number of rotatable bonds is 0. The minimum absolute atomic E-state index is 0.750. The van der Waals surface area contributed by atoms with Gasteiger partial charge in [0.15, 0.2) is 0 Å². The van der Waals surface area contributed by atoms with Crippen molar-refractivity contribution in [3.05, 3.63) is 0 Å². The monoisotopic (exact) mass is 569 g/mol. The average molecular weight is 572 g/mol. The van der Waals surface area contributed by atoms with E-state index in [1.165, 1.54) is 0 Å². The van der Waals surface area contributed by atoms with Crippen LogP contribution in [0.15, 0.2) is 0 Å². The van der Waals surface area contributed by atoms with E-state index in [0.717, 1.165) is 6.54 Å². The van der Waals surface area contributed by atoms with Gasteiger partial charge >= 0.3 is 59.5 Å². The Bertz CT molecular complexity index is 37.8. The number of nitrogens with two attached hydrogens (primary N) is 1. The molecule has 0 bridgehead atoms. The van der Waals surface area contributed by atoms with Crippen molar-refractivity contribution in [2.24, 2.45) is 5.73 Å². The van der Waals surface area contributed by atoms with E-state index in [0.29, 0.717) is 0 Å². The molecule has 0 saturated carbocycles. The van der Waals surface area contributed by atoms with Gasteiger partial charge in [-0.15, -0.1) is 0 Å². The van der Waals surface area contributed by atoms with Crippen LogP contribution in [0.2, 0.25) is 0 Å². The van der Waals surface area contributed by atoms with Crippen LogP contribution in [0.4, 0.5) is 0 Å². The molecular formula is C2H7Br4NPb. The van der Waals surface area contributed by atoms with Gasteiger partial charge in [-0.3, -0.25) is 0 Å². The van der Waals surface area contributed by atoms with Crippen molar-refractivity contribution in [3.8, 4) is 0 Å². The molecule has 0 aliphatic carbocycles. The topological polar surface area (TPSA) is 26.0 Å². The minimum atomic E-state index is -2.03. The quantitative estimate of drug-likeness (QED) is 0.445. The van der Waals surface area contributed by atoms with Crippen molar-refractivity contribution in [3.63, 3.8) is 0 Å². The molecule has 2 N–H and O–H groups in total. The van der Waals surface area contributed by atoms with Gasteiger partial charge in [-0.05, 0) is 6.54 Å². The molecule has 0 fully saturated rings. The molecule has 1 nitrogen and oxygen atoms in total. The van der Waals surface area contributed by atoms with E-state index in [9.17, 15) is 0 Å². The van der Waals surface area contributed by atoms with Gasteiger partial charge < -0.3 is 5.73 Å². The van der Waals surface area contributed by atoms with Gasteiger partial charge in [-0.2, -0.15) is 0 Å². The molecule has 0 aromatic heterocycles. The van der Waals surface area contributed by atoms with Gasteiger partial charge in [0.1, 0.15) is 0 Å². The van der Waals surface area contributed by atoms with E-state index in [1.54, 1.807) is 0 Å². The first-order valence-corrected chi connectivity index (χ1v) is 35.6. The Morgan fingerprint density at radius 3 is 1.25 bits per heavy atom. The molecule has 0 rings (SSSR count). The molecule has 8 heavy (non-hydrogen) atoms. The van der Waals surface area contributed by atoms with Crippen LogP contribution >= 0.6 is 47.9 Å². The number of hydrogen-bond donors (Lipinski definition) is 1. The molecular weight excluding hydrogens is 565 g/mol. The van der Waals surface area contributed by atoms with E-state index in [1.807, 2.05) is 6.92 Å². The molecule has 0 radical (unpaired) electrons. The van der Waals surface area contributed by atoms with Crippen molar-refractivity contribution >= 4 is 59.5 Å². The van der Waals surface area contributed by atoms with Crippen molar-refractivity contribution in [2.45, 2.75) is 6.92 Å². The standard InChI is InChI=1S/C2H7N.4BrH.Pb/c1-2-3;;;;;/h2-3H2,1H3;4*1H;/q;;;;;+4/p-4. The summed E-state index contributed by atoms with van der Waals surface area (Å²) in [6.07, 6.45) is 0. The summed E-state index contributed by atoms with van der Waals surface area (Å²) < 4.78 is 0. The molecule has 0 aliphatic rings. The Labute approximate surface area is 77.0 Å². The zero-order chi connectivity index (χ0) is 7.21. The Balaban J connectivity index is 0. The Morgan fingerprint density at radius 1 is 1.25 bits per heavy atom. The van der Waals surface area contributed by atoms with Gasteiger partial charge in [0.2, 0.25) is 0 Å². The summed E-state index contributed by atoms with van der Waals surface area (Å²) in [5, 5.41) is 0. The van der Waals surface area contributed by atoms with Crippen LogP contribution in [0.5, 0.6) is 0 Å². The zero-order valence-electron chi connectivity index (χ0n) is 4.30. The summed E-state index contributed by atoms with van der Waals surface area (Å²) in [5.41, 5.74) is 4.85. The maximum atomic E-state index is 4.85. The van der Waals surface area contributed by atoms with Crippen molar-refractivity contribution in [1.29, 1.82) is 0 Å². The third-order valence-electron chi connectivity index (χ3n) is 0. The van der Waals surface area contributed by atoms with Crippen molar-refractivity contribution < 1.29 is 0 Å². The molecule has 52 valence electrons. The van der Waals surface area contributed by atoms with E-state index in [2.05, 4.69) is 47.9 Å². The molecule has 0 atom stereocenters. The van der Waals surface area contributed by atoms with Crippen LogP contribution in [0.25, 0.3) is 0 Å². The molecule has 0 aliphatic heterocycles. The second-order valence-electron chi connectivity index (χ2n) is 0.837. The number of hydrogen-bond acceptors (Lipinski definition) is 1. The molecule has 0 amide bonds. The van der Waals surface area contributed by atoms with Gasteiger partial charge in [0.05, 0.1) is 0 Å². The normalized spacial score (nSPS) is 9.75. The van der Waals surface area contributed by atoms with Crippen LogP contribution < -0.4 is 5.73 Å². The summed E-state index contributed by atoms with van der Waals surface area (Å²) in [5.74, 6) is 0. The molecule has 0 saturated heterocycles. The predicted molar refractivity (Wildman–Crippen MR) is 56.2 cm³/mol. The van der Waals surface area contributed by atoms with E-state index >= 15 is 0 Å². The summed E-state index contributed by atoms with van der Waals surface area (Å²) in [6, 6.07) is 0. The first-order chi connectivity index (χ1) is 3.41. The second-order valence-corrected chi connectivity index (χ2v) is 102. The third kappa shape index (κ3) is 68.2. The van der Waals surface area contributed by atoms with Crippen LogP contribution in [-0.4, -0.2) is 18.1 Å². The molecule has 0 spiro atoms. The van der Waals surface area contributed by atoms with Gasteiger partial charge in [-0.1, -0.05) is 6.92 Å². The first kappa shape index (κ1) is 13.4. The predicted octanol–water partition coefficient (Wildman–Crippen LogP) is 2.97. The maximum absolute atomic E-state index is 4.85. The fourth-order valence-corrected chi connectivity index (χ4v) is 0. The summed E-state index contributed by atoms with van der Waals surface area (Å²) >= 11 is 11.4. The van der Waals surface area contributed by atoms with Crippen LogP contribution in [0, 0.1) is 0 Å². The average Bonchev–Trinajstić information content (AvgIpc) is 1.27. The molecule has 0 heterocycles. The van der Waals surface area contributed by atoms with Crippen LogP contribution in [0.1, 0.15) is 6.92 Å². The van der Waals surface area contributed by atoms with E-state index in [-0.39, 0.29) is 0 Å². The SMILES string of the molecule is CCN.[Br][Pb]([Br])([Br])[Br]. The molecule has 0 unspecified atom stereocenters. The fraction of sp³-hybridized carbons (Fsp3) is 1.00. The van der Waals surface area contributed by atoms with Gasteiger partial charge in [0, 0.05) is 0 Å². The number of halogens is 4. The first-order valence-electron chi connectivity index (χ1n) is 1.87. The molecule has 0 aromatic rings. The summed E-state index contributed by atoms with van der Waals surface area (Å²) in [4.78, 5) is 0. The van der Waals surface area contributed by atoms with Gasteiger partial charge in [0.25, 0.3) is 0 Å². The molecule has 6 heteroatoms. The van der Waals surface area contributed by atoms with Crippen LogP contribution in [0.3, 0.4) is 0 Å². The fourth-order valence-electron chi connectivity index (χ4n) is 0. The Kier molecular flexibility index (Phi) is 13.2. The molecule has 0 aromatic carbocycles.